The van der Waals surface area contributed by atoms with Crippen LogP contribution in [-0.2, 0) is 9.59 Å². The number of primary amides is 1. The summed E-state index contributed by atoms with van der Waals surface area (Å²) in [6, 6.07) is -0.207. The number of nitrogens with two attached hydrogens (primary N) is 2. The van der Waals surface area contributed by atoms with E-state index in [0.29, 0.717) is 6.54 Å². The van der Waals surface area contributed by atoms with Gasteiger partial charge in [-0.05, 0) is 6.92 Å². The molecule has 0 saturated carbocycles. The lowest BCUT2D eigenvalue weighted by Crippen LogP contribution is -2.36. The molecule has 2 amide bonds. The van der Waals surface area contributed by atoms with Gasteiger partial charge in [-0.1, -0.05) is 0 Å². The van der Waals surface area contributed by atoms with Crippen LogP contribution in [0.25, 0.3) is 0 Å². The molecule has 0 radical (unpaired) electrons. The second-order valence-electron chi connectivity index (χ2n) is 2.68. The van der Waals surface area contributed by atoms with Crippen molar-refractivity contribution in [3.63, 3.8) is 0 Å². The fourth-order valence-electron chi connectivity index (χ4n) is 0.831. The molecule has 0 aromatic rings. The quantitative estimate of drug-likeness (QED) is 0.482. The van der Waals surface area contributed by atoms with Crippen LogP contribution in [0.5, 0.6) is 0 Å². The molecule has 0 rings (SSSR count). The van der Waals surface area contributed by atoms with E-state index in [9.17, 15) is 9.59 Å². The standard InChI is InChI=1S/C7H15N3O2/c1-5(4-6(9)11)10-7(12)2-3-8/h5H,2-4,8H2,1H3,(H2,9,11)(H,10,12). The van der Waals surface area contributed by atoms with Crippen molar-refractivity contribution in [2.24, 2.45) is 11.5 Å². The summed E-state index contributed by atoms with van der Waals surface area (Å²) in [6.07, 6.45) is 0.444. The zero-order valence-electron chi connectivity index (χ0n) is 7.17. The van der Waals surface area contributed by atoms with E-state index >= 15 is 0 Å². The molecule has 0 saturated heterocycles. The van der Waals surface area contributed by atoms with E-state index in [2.05, 4.69) is 5.32 Å². The minimum Gasteiger partial charge on any atom is -0.370 e. The van der Waals surface area contributed by atoms with Crippen molar-refractivity contribution < 1.29 is 9.59 Å². The van der Waals surface area contributed by atoms with Gasteiger partial charge in [0.1, 0.15) is 0 Å². The van der Waals surface area contributed by atoms with Crippen molar-refractivity contribution in [3.8, 4) is 0 Å². The van der Waals surface area contributed by atoms with Gasteiger partial charge in [0.15, 0.2) is 0 Å². The fraction of sp³-hybridized carbons (Fsp3) is 0.714. The molecule has 5 nitrogen and oxygen atoms in total. The van der Waals surface area contributed by atoms with E-state index in [-0.39, 0.29) is 24.8 Å². The molecule has 0 heterocycles. The average molecular weight is 173 g/mol. The number of hydrogen-bond acceptors (Lipinski definition) is 3. The molecule has 5 heteroatoms. The van der Waals surface area contributed by atoms with Gasteiger partial charge in [-0.2, -0.15) is 0 Å². The van der Waals surface area contributed by atoms with Crippen LogP contribution in [0.15, 0.2) is 0 Å². The van der Waals surface area contributed by atoms with Crippen LogP contribution in [-0.4, -0.2) is 24.4 Å². The zero-order chi connectivity index (χ0) is 9.56. The SMILES string of the molecule is CC(CC(N)=O)NC(=O)CCN. The number of nitrogens with one attached hydrogen (secondary N) is 1. The Morgan fingerprint density at radius 2 is 2.08 bits per heavy atom. The van der Waals surface area contributed by atoms with Gasteiger partial charge in [-0.25, -0.2) is 0 Å². The topological polar surface area (TPSA) is 98.2 Å². The summed E-state index contributed by atoms with van der Waals surface area (Å²) in [5.41, 5.74) is 10.1. The van der Waals surface area contributed by atoms with Gasteiger partial charge in [-0.3, -0.25) is 9.59 Å². The Balaban J connectivity index is 3.61. The van der Waals surface area contributed by atoms with Gasteiger partial charge < -0.3 is 16.8 Å². The second kappa shape index (κ2) is 5.54. The van der Waals surface area contributed by atoms with Gasteiger partial charge in [0.05, 0.1) is 0 Å². The van der Waals surface area contributed by atoms with Crippen molar-refractivity contribution in [1.29, 1.82) is 0 Å². The molecular weight excluding hydrogens is 158 g/mol. The molecule has 0 aliphatic heterocycles. The normalized spacial score (nSPS) is 12.2. The second-order valence-corrected chi connectivity index (χ2v) is 2.68. The highest BCUT2D eigenvalue weighted by molar-refractivity contribution is 5.78. The van der Waals surface area contributed by atoms with E-state index in [1.54, 1.807) is 6.92 Å². The first-order valence-corrected chi connectivity index (χ1v) is 3.84. The highest BCUT2D eigenvalue weighted by Crippen LogP contribution is 1.89. The van der Waals surface area contributed by atoms with Crippen molar-refractivity contribution in [2.75, 3.05) is 6.54 Å². The van der Waals surface area contributed by atoms with E-state index < -0.39 is 5.91 Å². The smallest absolute Gasteiger partial charge is 0.221 e. The fourth-order valence-corrected chi connectivity index (χ4v) is 0.831. The lowest BCUT2D eigenvalue weighted by molar-refractivity contribution is -0.122. The highest BCUT2D eigenvalue weighted by atomic mass is 16.2. The summed E-state index contributed by atoms with van der Waals surface area (Å²) in [5.74, 6) is -0.568. The van der Waals surface area contributed by atoms with Gasteiger partial charge >= 0.3 is 0 Å². The summed E-state index contributed by atoms with van der Waals surface area (Å²) in [6.45, 7) is 2.04. The summed E-state index contributed by atoms with van der Waals surface area (Å²) in [4.78, 5) is 21.3. The lowest BCUT2D eigenvalue weighted by Gasteiger charge is -2.10. The maximum Gasteiger partial charge on any atom is 0.221 e. The van der Waals surface area contributed by atoms with Gasteiger partial charge in [-0.15, -0.1) is 0 Å². The third-order valence-corrected chi connectivity index (χ3v) is 1.29. The van der Waals surface area contributed by atoms with Gasteiger partial charge in [0.25, 0.3) is 0 Å². The first-order chi connectivity index (χ1) is 5.56. The maximum atomic E-state index is 10.9. The Kier molecular flexibility index (Phi) is 5.03. The Morgan fingerprint density at radius 1 is 1.50 bits per heavy atom. The van der Waals surface area contributed by atoms with Crippen LogP contribution in [0.3, 0.4) is 0 Å². The number of amides is 2. The minimum atomic E-state index is -0.421. The summed E-state index contributed by atoms with van der Waals surface area (Å²) in [7, 11) is 0. The molecule has 5 N–H and O–H groups in total. The zero-order valence-corrected chi connectivity index (χ0v) is 7.17. The third kappa shape index (κ3) is 5.67. The Bertz CT molecular complexity index is 170. The predicted octanol–water partition coefficient (Wildman–Crippen LogP) is -1.28. The van der Waals surface area contributed by atoms with E-state index in [1.807, 2.05) is 0 Å². The molecule has 0 aromatic carbocycles. The molecule has 70 valence electrons. The molecule has 1 atom stereocenters. The number of hydrogen-bond donors (Lipinski definition) is 3. The number of carbonyl (C=O) groups excluding carboxylic acids is 2. The van der Waals surface area contributed by atoms with Crippen LogP contribution in [0.1, 0.15) is 19.8 Å². The van der Waals surface area contributed by atoms with Crippen molar-refractivity contribution in [1.82, 2.24) is 5.32 Å². The molecule has 0 bridgehead atoms. The molecule has 0 aliphatic rings. The molecule has 0 aromatic heterocycles. The minimum absolute atomic E-state index is 0.147. The average Bonchev–Trinajstić information content (AvgIpc) is 1.84. The van der Waals surface area contributed by atoms with Crippen molar-refractivity contribution in [3.05, 3.63) is 0 Å². The third-order valence-electron chi connectivity index (χ3n) is 1.29. The largest absolute Gasteiger partial charge is 0.370 e. The van der Waals surface area contributed by atoms with Crippen LogP contribution in [0, 0.1) is 0 Å². The van der Waals surface area contributed by atoms with E-state index in [0.717, 1.165) is 0 Å². The maximum absolute atomic E-state index is 10.9. The predicted molar refractivity (Wildman–Crippen MR) is 45.1 cm³/mol. The Labute approximate surface area is 71.5 Å². The highest BCUT2D eigenvalue weighted by Gasteiger charge is 2.08. The van der Waals surface area contributed by atoms with Crippen LogP contribution in [0.4, 0.5) is 0 Å². The molecule has 1 unspecified atom stereocenters. The summed E-state index contributed by atoms with van der Waals surface area (Å²) in [5, 5.41) is 2.59. The Hall–Kier alpha value is -1.10. The summed E-state index contributed by atoms with van der Waals surface area (Å²) < 4.78 is 0. The van der Waals surface area contributed by atoms with E-state index in [4.69, 9.17) is 11.5 Å². The number of carbonyl (C=O) groups is 2. The lowest BCUT2D eigenvalue weighted by atomic mass is 10.2. The van der Waals surface area contributed by atoms with Crippen molar-refractivity contribution >= 4 is 11.8 Å². The van der Waals surface area contributed by atoms with Crippen molar-refractivity contribution in [2.45, 2.75) is 25.8 Å². The van der Waals surface area contributed by atoms with Crippen LogP contribution >= 0.6 is 0 Å². The molecule has 0 fully saturated rings. The van der Waals surface area contributed by atoms with Crippen LogP contribution in [0.2, 0.25) is 0 Å². The Morgan fingerprint density at radius 3 is 2.50 bits per heavy atom. The first-order valence-electron chi connectivity index (χ1n) is 3.84. The molecule has 12 heavy (non-hydrogen) atoms. The van der Waals surface area contributed by atoms with E-state index in [1.165, 1.54) is 0 Å². The first kappa shape index (κ1) is 10.9. The molecule has 0 spiro atoms. The summed E-state index contributed by atoms with van der Waals surface area (Å²) >= 11 is 0. The van der Waals surface area contributed by atoms with Gasteiger partial charge in [0, 0.05) is 25.4 Å². The number of rotatable bonds is 5. The van der Waals surface area contributed by atoms with Gasteiger partial charge in [0.2, 0.25) is 11.8 Å². The molecular formula is C7H15N3O2. The molecule has 0 aliphatic carbocycles. The van der Waals surface area contributed by atoms with Crippen LogP contribution < -0.4 is 16.8 Å². The monoisotopic (exact) mass is 173 g/mol.